The molecule has 2 heterocycles. The lowest BCUT2D eigenvalue weighted by Crippen LogP contribution is -2.31. The van der Waals surface area contributed by atoms with Crippen LogP contribution in [0.15, 0.2) is 22.8 Å². The van der Waals surface area contributed by atoms with Gasteiger partial charge in [-0.25, -0.2) is 4.63 Å². The van der Waals surface area contributed by atoms with Crippen LogP contribution in [-0.4, -0.2) is 41.4 Å². The molecule has 7 heteroatoms. The van der Waals surface area contributed by atoms with E-state index < -0.39 is 0 Å². The van der Waals surface area contributed by atoms with E-state index in [0.717, 1.165) is 17.1 Å². The largest absolute Gasteiger partial charge is 0.486 e. The summed E-state index contributed by atoms with van der Waals surface area (Å²) in [5, 5.41) is 7.45. The predicted molar refractivity (Wildman–Crippen MR) is 81.4 cm³/mol. The average Bonchev–Trinajstić information content (AvgIpc) is 2.97. The zero-order chi connectivity index (χ0) is 16.4. The number of aromatic nitrogens is 2. The van der Waals surface area contributed by atoms with Gasteiger partial charge in [0.15, 0.2) is 11.5 Å². The fraction of sp³-hybridized carbons (Fsp3) is 0.438. The Morgan fingerprint density at radius 2 is 2.00 bits per heavy atom. The van der Waals surface area contributed by atoms with Crippen molar-refractivity contribution in [2.24, 2.45) is 0 Å². The van der Waals surface area contributed by atoms with Crippen LogP contribution in [0.4, 0.5) is 0 Å². The van der Waals surface area contributed by atoms with E-state index in [1.54, 1.807) is 18.9 Å². The number of fused-ring (bicyclic) bond motifs is 1. The molecular formula is C16H19N3O4. The maximum Gasteiger partial charge on any atom is 0.229 e. The molecule has 0 spiro atoms. The third kappa shape index (κ3) is 3.13. The first kappa shape index (κ1) is 15.3. The second-order valence-corrected chi connectivity index (χ2v) is 5.56. The van der Waals surface area contributed by atoms with Crippen molar-refractivity contribution in [2.45, 2.75) is 26.3 Å². The van der Waals surface area contributed by atoms with Gasteiger partial charge in [-0.3, -0.25) is 4.79 Å². The number of hydrogen-bond donors (Lipinski definition) is 0. The molecule has 1 amide bonds. The van der Waals surface area contributed by atoms with Crippen molar-refractivity contribution >= 4 is 5.91 Å². The van der Waals surface area contributed by atoms with Crippen molar-refractivity contribution < 1.29 is 18.9 Å². The van der Waals surface area contributed by atoms with Crippen molar-refractivity contribution in [3.8, 4) is 11.5 Å². The molecule has 0 N–H and O–H groups in total. The van der Waals surface area contributed by atoms with E-state index in [1.165, 1.54) is 0 Å². The van der Waals surface area contributed by atoms with Crippen molar-refractivity contribution in [2.75, 3.05) is 20.3 Å². The average molecular weight is 317 g/mol. The van der Waals surface area contributed by atoms with E-state index in [2.05, 4.69) is 14.9 Å². The Balaban J connectivity index is 1.72. The quantitative estimate of drug-likeness (QED) is 0.857. The van der Waals surface area contributed by atoms with Gasteiger partial charge in [0.1, 0.15) is 24.6 Å². The number of hydrogen-bond acceptors (Lipinski definition) is 6. The van der Waals surface area contributed by atoms with E-state index in [9.17, 15) is 4.79 Å². The predicted octanol–water partition coefficient (Wildman–Crippen LogP) is 1.91. The molecule has 0 aliphatic carbocycles. The number of amides is 1. The Labute approximate surface area is 134 Å². The molecule has 1 aromatic carbocycles. The first-order valence-electron chi connectivity index (χ1n) is 7.49. The van der Waals surface area contributed by atoms with Crippen LogP contribution in [0.25, 0.3) is 0 Å². The van der Waals surface area contributed by atoms with Gasteiger partial charge in [-0.15, -0.1) is 0 Å². The number of likely N-dealkylation sites (N-methyl/N-ethyl adjacent to an activating group) is 1. The molecule has 1 atom stereocenters. The molecule has 0 saturated carbocycles. The van der Waals surface area contributed by atoms with Crippen molar-refractivity contribution in [3.05, 3.63) is 35.2 Å². The third-order valence-electron chi connectivity index (χ3n) is 4.09. The fourth-order valence-electron chi connectivity index (χ4n) is 2.44. The molecular weight excluding hydrogens is 298 g/mol. The highest BCUT2D eigenvalue weighted by Crippen LogP contribution is 2.33. The summed E-state index contributed by atoms with van der Waals surface area (Å²) < 4.78 is 15.7. The van der Waals surface area contributed by atoms with Gasteiger partial charge in [0.25, 0.3) is 0 Å². The molecule has 122 valence electrons. The molecule has 1 aromatic heterocycles. The Morgan fingerprint density at radius 1 is 1.26 bits per heavy atom. The first-order valence-corrected chi connectivity index (χ1v) is 7.49. The zero-order valence-corrected chi connectivity index (χ0v) is 13.4. The normalized spacial score (nSPS) is 14.4. The second-order valence-electron chi connectivity index (χ2n) is 5.56. The second kappa shape index (κ2) is 6.28. The van der Waals surface area contributed by atoms with Crippen molar-refractivity contribution in [3.63, 3.8) is 0 Å². The van der Waals surface area contributed by atoms with Gasteiger partial charge in [-0.05, 0) is 31.5 Å². The highest BCUT2D eigenvalue weighted by Gasteiger charge is 2.22. The lowest BCUT2D eigenvalue weighted by atomic mass is 10.1. The summed E-state index contributed by atoms with van der Waals surface area (Å²) in [6.07, 6.45) is 0.167. The van der Waals surface area contributed by atoms with E-state index in [4.69, 9.17) is 9.47 Å². The molecule has 1 aliphatic heterocycles. The molecule has 7 nitrogen and oxygen atoms in total. The van der Waals surface area contributed by atoms with E-state index in [0.29, 0.717) is 24.6 Å². The Kier molecular flexibility index (Phi) is 4.18. The zero-order valence-electron chi connectivity index (χ0n) is 13.4. The minimum absolute atomic E-state index is 0.0498. The number of rotatable bonds is 4. The monoisotopic (exact) mass is 317 g/mol. The van der Waals surface area contributed by atoms with Gasteiger partial charge in [0.2, 0.25) is 5.91 Å². The highest BCUT2D eigenvalue weighted by molar-refractivity contribution is 5.78. The minimum Gasteiger partial charge on any atom is -0.486 e. The standard InChI is InChI=1S/C16H19N3O4/c1-10-13(18-23-17-10)9-16(20)19(3)11(2)12-4-5-14-15(8-12)22-7-6-21-14/h4-5,8,11H,6-7,9H2,1-3H3. The number of benzene rings is 1. The molecule has 2 aromatic rings. The minimum atomic E-state index is -0.0986. The van der Waals surface area contributed by atoms with Crippen LogP contribution in [0, 0.1) is 6.92 Å². The topological polar surface area (TPSA) is 77.7 Å². The highest BCUT2D eigenvalue weighted by atomic mass is 16.6. The summed E-state index contributed by atoms with van der Waals surface area (Å²) in [6, 6.07) is 5.65. The molecule has 3 rings (SSSR count). The van der Waals surface area contributed by atoms with Crippen LogP contribution in [0.1, 0.15) is 29.9 Å². The summed E-state index contributed by atoms with van der Waals surface area (Å²) in [5.74, 6) is 1.41. The molecule has 0 radical (unpaired) electrons. The van der Waals surface area contributed by atoms with E-state index >= 15 is 0 Å². The summed E-state index contributed by atoms with van der Waals surface area (Å²) >= 11 is 0. The van der Waals surface area contributed by atoms with Crippen LogP contribution < -0.4 is 9.47 Å². The fourth-order valence-corrected chi connectivity index (χ4v) is 2.44. The van der Waals surface area contributed by atoms with Crippen LogP contribution in [-0.2, 0) is 11.2 Å². The summed E-state index contributed by atoms with van der Waals surface area (Å²) in [4.78, 5) is 14.1. The first-order chi connectivity index (χ1) is 11.1. The van der Waals surface area contributed by atoms with Crippen LogP contribution in [0.2, 0.25) is 0 Å². The smallest absolute Gasteiger partial charge is 0.229 e. The van der Waals surface area contributed by atoms with Gasteiger partial charge in [0, 0.05) is 7.05 Å². The lowest BCUT2D eigenvalue weighted by Gasteiger charge is -2.26. The van der Waals surface area contributed by atoms with Crippen LogP contribution in [0.3, 0.4) is 0 Å². The number of carbonyl (C=O) groups is 1. The Hall–Kier alpha value is -2.57. The van der Waals surface area contributed by atoms with Gasteiger partial charge in [-0.2, -0.15) is 0 Å². The maximum atomic E-state index is 12.4. The van der Waals surface area contributed by atoms with E-state index in [1.807, 2.05) is 25.1 Å². The van der Waals surface area contributed by atoms with Crippen molar-refractivity contribution in [1.29, 1.82) is 0 Å². The van der Waals surface area contributed by atoms with Crippen LogP contribution in [0.5, 0.6) is 11.5 Å². The molecule has 0 saturated heterocycles. The Bertz CT molecular complexity index is 713. The summed E-state index contributed by atoms with van der Waals surface area (Å²) in [5.41, 5.74) is 2.19. The van der Waals surface area contributed by atoms with Crippen molar-refractivity contribution in [1.82, 2.24) is 15.2 Å². The molecule has 1 unspecified atom stereocenters. The summed E-state index contributed by atoms with van der Waals surface area (Å²) in [6.45, 7) is 4.84. The van der Waals surface area contributed by atoms with Gasteiger partial charge < -0.3 is 14.4 Å². The number of carbonyl (C=O) groups excluding carboxylic acids is 1. The van der Waals surface area contributed by atoms with E-state index in [-0.39, 0.29) is 18.4 Å². The Morgan fingerprint density at radius 3 is 2.70 bits per heavy atom. The molecule has 0 fully saturated rings. The van der Waals surface area contributed by atoms with Gasteiger partial charge >= 0.3 is 0 Å². The number of nitrogens with zero attached hydrogens (tertiary/aromatic N) is 3. The lowest BCUT2D eigenvalue weighted by molar-refractivity contribution is -0.131. The maximum absolute atomic E-state index is 12.4. The molecule has 23 heavy (non-hydrogen) atoms. The molecule has 0 bridgehead atoms. The van der Waals surface area contributed by atoms with Gasteiger partial charge in [0.05, 0.1) is 12.5 Å². The third-order valence-corrected chi connectivity index (χ3v) is 4.09. The number of ether oxygens (including phenoxy) is 2. The number of aryl methyl sites for hydroxylation is 1. The SMILES string of the molecule is Cc1nonc1CC(=O)N(C)C(C)c1ccc2c(c1)OCCO2. The van der Waals surface area contributed by atoms with Gasteiger partial charge in [-0.1, -0.05) is 16.4 Å². The summed E-state index contributed by atoms with van der Waals surface area (Å²) in [7, 11) is 1.77. The van der Waals surface area contributed by atoms with Crippen LogP contribution >= 0.6 is 0 Å². The molecule has 1 aliphatic rings.